The first-order chi connectivity index (χ1) is 9.58. The molecule has 116 valence electrons. The molecule has 0 aromatic heterocycles. The van der Waals surface area contributed by atoms with Gasteiger partial charge in [-0.3, -0.25) is 0 Å². The number of hydrogen-bond acceptors (Lipinski definition) is 3. The predicted octanol–water partition coefficient (Wildman–Crippen LogP) is 1.70. The van der Waals surface area contributed by atoms with Crippen molar-refractivity contribution in [2.75, 3.05) is 32.8 Å². The van der Waals surface area contributed by atoms with Crippen LogP contribution in [0.1, 0.15) is 40.0 Å². The van der Waals surface area contributed by atoms with Crippen LogP contribution >= 0.6 is 0 Å². The predicted molar refractivity (Wildman–Crippen MR) is 77.6 cm³/mol. The summed E-state index contributed by atoms with van der Waals surface area (Å²) in [5.41, 5.74) is -0.101. The number of urea groups is 1. The molecule has 2 aliphatic rings. The molecule has 2 rings (SSSR count). The molecule has 1 heterocycles. The van der Waals surface area contributed by atoms with Gasteiger partial charge in [-0.2, -0.15) is 0 Å². The van der Waals surface area contributed by atoms with E-state index in [1.807, 2.05) is 30.6 Å². The lowest BCUT2D eigenvalue weighted by Gasteiger charge is -2.56. The molecule has 1 saturated heterocycles. The summed E-state index contributed by atoms with van der Waals surface area (Å²) in [5, 5.41) is 10.2. The van der Waals surface area contributed by atoms with Crippen molar-refractivity contribution < 1.29 is 14.6 Å². The van der Waals surface area contributed by atoms with E-state index in [2.05, 4.69) is 0 Å². The Hall–Kier alpha value is -0.810. The number of carbonyl (C=O) groups is 1. The highest BCUT2D eigenvalue weighted by Gasteiger charge is 2.56. The average Bonchev–Trinajstić information content (AvgIpc) is 2.48. The summed E-state index contributed by atoms with van der Waals surface area (Å²) in [7, 11) is 0. The van der Waals surface area contributed by atoms with Gasteiger partial charge >= 0.3 is 6.03 Å². The lowest BCUT2D eigenvalue weighted by molar-refractivity contribution is -0.207. The molecule has 0 bridgehead atoms. The van der Waals surface area contributed by atoms with Crippen LogP contribution in [0.3, 0.4) is 0 Å². The molecule has 2 amide bonds. The van der Waals surface area contributed by atoms with E-state index in [0.29, 0.717) is 6.61 Å². The fraction of sp³-hybridized carbons (Fsp3) is 0.933. The van der Waals surface area contributed by atoms with Crippen molar-refractivity contribution >= 4 is 6.03 Å². The fourth-order valence-electron chi connectivity index (χ4n) is 3.63. The van der Waals surface area contributed by atoms with Crippen LogP contribution in [-0.2, 0) is 4.74 Å². The number of ether oxygens (including phenoxy) is 1. The maximum atomic E-state index is 12.3. The molecule has 5 nitrogen and oxygen atoms in total. The first-order valence-corrected chi connectivity index (χ1v) is 7.92. The van der Waals surface area contributed by atoms with E-state index < -0.39 is 0 Å². The van der Waals surface area contributed by atoms with Crippen LogP contribution in [0.25, 0.3) is 0 Å². The van der Waals surface area contributed by atoms with E-state index in [4.69, 9.17) is 4.74 Å². The minimum Gasteiger partial charge on any atom is -0.392 e. The molecule has 0 radical (unpaired) electrons. The average molecular weight is 284 g/mol. The van der Waals surface area contributed by atoms with Gasteiger partial charge in [-0.05, 0) is 33.6 Å². The molecule has 1 N–H and O–H groups in total. The molecule has 5 heteroatoms. The minimum absolute atomic E-state index is 0.101. The first-order valence-electron chi connectivity index (χ1n) is 7.92. The summed E-state index contributed by atoms with van der Waals surface area (Å²) < 4.78 is 5.75. The van der Waals surface area contributed by atoms with Crippen molar-refractivity contribution in [1.82, 2.24) is 9.80 Å². The van der Waals surface area contributed by atoms with Crippen molar-refractivity contribution in [2.24, 2.45) is 5.41 Å². The molecule has 1 saturated carbocycles. The van der Waals surface area contributed by atoms with Crippen LogP contribution in [0.5, 0.6) is 0 Å². The number of piperidine rings is 1. The van der Waals surface area contributed by atoms with E-state index in [1.165, 1.54) is 0 Å². The van der Waals surface area contributed by atoms with Crippen LogP contribution < -0.4 is 0 Å². The van der Waals surface area contributed by atoms with Gasteiger partial charge < -0.3 is 19.6 Å². The van der Waals surface area contributed by atoms with E-state index >= 15 is 0 Å². The second-order valence-corrected chi connectivity index (χ2v) is 5.87. The van der Waals surface area contributed by atoms with Gasteiger partial charge in [0, 0.05) is 44.6 Å². The number of aliphatic hydroxyl groups is 1. The number of rotatable bonds is 4. The van der Waals surface area contributed by atoms with Crippen molar-refractivity contribution in [3.05, 3.63) is 0 Å². The molecule has 1 spiro atoms. The van der Waals surface area contributed by atoms with Crippen molar-refractivity contribution in [3.63, 3.8) is 0 Å². The highest BCUT2D eigenvalue weighted by atomic mass is 16.5. The zero-order chi connectivity index (χ0) is 14.8. The first kappa shape index (κ1) is 15.6. The van der Waals surface area contributed by atoms with Gasteiger partial charge in [0.1, 0.15) is 0 Å². The third kappa shape index (κ3) is 2.53. The van der Waals surface area contributed by atoms with Gasteiger partial charge in [0.25, 0.3) is 0 Å². The number of nitrogens with zero attached hydrogens (tertiary/aromatic N) is 2. The van der Waals surface area contributed by atoms with Gasteiger partial charge in [-0.1, -0.05) is 0 Å². The third-order valence-corrected chi connectivity index (χ3v) is 5.11. The lowest BCUT2D eigenvalue weighted by atomic mass is 9.58. The molecule has 0 aromatic rings. The van der Waals surface area contributed by atoms with Gasteiger partial charge in [0.15, 0.2) is 0 Å². The third-order valence-electron chi connectivity index (χ3n) is 5.11. The Labute approximate surface area is 121 Å². The van der Waals surface area contributed by atoms with Gasteiger partial charge in [0.05, 0.1) is 12.2 Å². The SMILES string of the molecule is CCOC1CC(O)C12CCN(C(=O)N(CC)CC)CC2. The molecule has 2 fully saturated rings. The minimum atomic E-state index is -0.259. The Morgan fingerprint density at radius 3 is 2.35 bits per heavy atom. The second-order valence-electron chi connectivity index (χ2n) is 5.87. The number of hydrogen-bond donors (Lipinski definition) is 1. The Bertz CT molecular complexity index is 334. The maximum Gasteiger partial charge on any atom is 0.319 e. The van der Waals surface area contributed by atoms with Crippen LogP contribution in [0.2, 0.25) is 0 Å². The Kier molecular flexibility index (Phi) is 4.91. The standard InChI is InChI=1S/C15H28N2O3/c1-4-16(5-2)14(19)17-9-7-15(8-10-17)12(18)11-13(15)20-6-3/h12-13,18H,4-11H2,1-3H3. The molecule has 1 aliphatic heterocycles. The van der Waals surface area contributed by atoms with E-state index in [0.717, 1.165) is 45.4 Å². The van der Waals surface area contributed by atoms with E-state index in [1.54, 1.807) is 0 Å². The summed E-state index contributed by atoms with van der Waals surface area (Å²) in [6.45, 7) is 9.67. The summed E-state index contributed by atoms with van der Waals surface area (Å²) in [5.74, 6) is 0. The monoisotopic (exact) mass is 284 g/mol. The lowest BCUT2D eigenvalue weighted by Crippen LogP contribution is -2.63. The molecule has 20 heavy (non-hydrogen) atoms. The van der Waals surface area contributed by atoms with Crippen molar-refractivity contribution in [2.45, 2.75) is 52.2 Å². The smallest absolute Gasteiger partial charge is 0.319 e. The van der Waals surface area contributed by atoms with Gasteiger partial charge in [-0.15, -0.1) is 0 Å². The van der Waals surface area contributed by atoms with Crippen molar-refractivity contribution in [1.29, 1.82) is 0 Å². The Morgan fingerprint density at radius 1 is 1.30 bits per heavy atom. The molecule has 2 unspecified atom stereocenters. The number of amides is 2. The topological polar surface area (TPSA) is 53.0 Å². The number of aliphatic hydroxyl groups excluding tert-OH is 1. The zero-order valence-electron chi connectivity index (χ0n) is 13.0. The van der Waals surface area contributed by atoms with E-state index in [9.17, 15) is 9.90 Å². The number of carbonyl (C=O) groups excluding carboxylic acids is 1. The molecule has 1 aliphatic carbocycles. The largest absolute Gasteiger partial charge is 0.392 e. The number of likely N-dealkylation sites (tertiary alicyclic amines) is 1. The fourth-order valence-corrected chi connectivity index (χ4v) is 3.63. The summed E-state index contributed by atoms with van der Waals surface area (Å²) in [6, 6.07) is 0.131. The van der Waals surface area contributed by atoms with Crippen LogP contribution in [0.15, 0.2) is 0 Å². The van der Waals surface area contributed by atoms with Crippen LogP contribution in [-0.4, -0.2) is 65.9 Å². The maximum absolute atomic E-state index is 12.3. The highest BCUT2D eigenvalue weighted by molar-refractivity contribution is 5.74. The molecule has 0 aromatic carbocycles. The Morgan fingerprint density at radius 2 is 1.90 bits per heavy atom. The molecule has 2 atom stereocenters. The Balaban J connectivity index is 1.93. The van der Waals surface area contributed by atoms with Crippen molar-refractivity contribution in [3.8, 4) is 0 Å². The van der Waals surface area contributed by atoms with Crippen LogP contribution in [0.4, 0.5) is 4.79 Å². The second kappa shape index (κ2) is 6.31. The molecular formula is C15H28N2O3. The quantitative estimate of drug-likeness (QED) is 0.855. The highest BCUT2D eigenvalue weighted by Crippen LogP contribution is 2.50. The zero-order valence-corrected chi connectivity index (χ0v) is 13.0. The van der Waals surface area contributed by atoms with Gasteiger partial charge in [-0.25, -0.2) is 4.79 Å². The van der Waals surface area contributed by atoms with Gasteiger partial charge in [0.2, 0.25) is 0 Å². The summed E-state index contributed by atoms with van der Waals surface area (Å²) >= 11 is 0. The normalized spacial score (nSPS) is 28.3. The van der Waals surface area contributed by atoms with Crippen LogP contribution in [0, 0.1) is 5.41 Å². The van der Waals surface area contributed by atoms with E-state index in [-0.39, 0.29) is 23.7 Å². The summed E-state index contributed by atoms with van der Waals surface area (Å²) in [6.07, 6.45) is 2.37. The molecular weight excluding hydrogens is 256 g/mol. The summed E-state index contributed by atoms with van der Waals surface area (Å²) in [4.78, 5) is 16.1.